The molecule has 1 N–H and O–H groups in total. The Labute approximate surface area is 159 Å². The van der Waals surface area contributed by atoms with Crippen LogP contribution in [0.25, 0.3) is 11.2 Å². The average molecular weight is 363 g/mol. The number of urea groups is 1. The zero-order valence-electron chi connectivity index (χ0n) is 15.6. The van der Waals surface area contributed by atoms with E-state index in [1.807, 2.05) is 41.6 Å². The number of carbonyl (C=O) groups is 1. The number of imidazole rings is 1. The highest BCUT2D eigenvalue weighted by Gasteiger charge is 2.24. The van der Waals surface area contributed by atoms with Gasteiger partial charge in [0, 0.05) is 31.5 Å². The van der Waals surface area contributed by atoms with Crippen LogP contribution in [-0.4, -0.2) is 38.6 Å². The van der Waals surface area contributed by atoms with Gasteiger partial charge in [-0.2, -0.15) is 0 Å². The molecule has 0 radical (unpaired) electrons. The van der Waals surface area contributed by atoms with Crippen molar-refractivity contribution in [3.8, 4) is 0 Å². The Hall–Kier alpha value is -2.89. The van der Waals surface area contributed by atoms with Gasteiger partial charge in [0.1, 0.15) is 5.52 Å². The van der Waals surface area contributed by atoms with Crippen LogP contribution in [0, 0.1) is 5.92 Å². The van der Waals surface area contributed by atoms with E-state index >= 15 is 0 Å². The predicted octanol–water partition coefficient (Wildman–Crippen LogP) is 3.94. The largest absolute Gasteiger partial charge is 0.324 e. The van der Waals surface area contributed by atoms with Gasteiger partial charge in [-0.15, -0.1) is 0 Å². The lowest BCUT2D eigenvalue weighted by atomic mass is 9.98. The minimum Gasteiger partial charge on any atom is -0.324 e. The van der Waals surface area contributed by atoms with E-state index in [9.17, 15) is 4.79 Å². The minimum absolute atomic E-state index is 0.0124. The average Bonchev–Trinajstić information content (AvgIpc) is 3.11. The number of nitrogens with zero attached hydrogens (tertiary/aromatic N) is 4. The molecule has 1 saturated heterocycles. The van der Waals surface area contributed by atoms with E-state index in [2.05, 4.69) is 32.8 Å². The van der Waals surface area contributed by atoms with Gasteiger partial charge in [0.25, 0.3) is 0 Å². The molecule has 1 fully saturated rings. The number of hydrogen-bond acceptors (Lipinski definition) is 3. The van der Waals surface area contributed by atoms with Gasteiger partial charge < -0.3 is 14.8 Å². The molecule has 1 aliphatic heterocycles. The van der Waals surface area contributed by atoms with E-state index in [4.69, 9.17) is 0 Å². The maximum absolute atomic E-state index is 12.7. The summed E-state index contributed by atoms with van der Waals surface area (Å²) in [5.74, 6) is 0.408. The summed E-state index contributed by atoms with van der Waals surface area (Å²) in [6.07, 6.45) is 6.75. The van der Waals surface area contributed by atoms with E-state index in [1.54, 1.807) is 6.20 Å². The highest BCUT2D eigenvalue weighted by Crippen LogP contribution is 2.21. The molecule has 1 aliphatic rings. The lowest BCUT2D eigenvalue weighted by molar-refractivity contribution is 0.171. The van der Waals surface area contributed by atoms with Gasteiger partial charge in [-0.05, 0) is 55.0 Å². The summed E-state index contributed by atoms with van der Waals surface area (Å²) < 4.78 is 2.10. The Morgan fingerprint density at radius 2 is 2.19 bits per heavy atom. The van der Waals surface area contributed by atoms with Crippen LogP contribution in [-0.2, 0) is 13.0 Å². The Bertz CT molecular complexity index is 935. The molecule has 27 heavy (non-hydrogen) atoms. The van der Waals surface area contributed by atoms with Crippen LogP contribution < -0.4 is 5.32 Å². The number of amides is 2. The van der Waals surface area contributed by atoms with Crippen molar-refractivity contribution in [2.75, 3.05) is 18.4 Å². The topological polar surface area (TPSA) is 63.1 Å². The van der Waals surface area contributed by atoms with Gasteiger partial charge in [0.15, 0.2) is 5.65 Å². The van der Waals surface area contributed by atoms with Crippen LogP contribution in [0.2, 0.25) is 0 Å². The Kier molecular flexibility index (Phi) is 5.05. The van der Waals surface area contributed by atoms with Crippen LogP contribution in [0.5, 0.6) is 0 Å². The zero-order valence-corrected chi connectivity index (χ0v) is 15.6. The van der Waals surface area contributed by atoms with Gasteiger partial charge in [-0.1, -0.05) is 19.1 Å². The predicted molar refractivity (Wildman–Crippen MR) is 107 cm³/mol. The van der Waals surface area contributed by atoms with E-state index in [-0.39, 0.29) is 6.03 Å². The molecule has 6 nitrogen and oxygen atoms in total. The standard InChI is InChI=1S/C21H25N5O/c1-2-16-6-3-8-18(12-16)24-21(27)25-11-5-7-17(13-25)14-26-15-23-19-9-4-10-22-20(19)26/h3-4,6,8-10,12,15,17H,2,5,7,11,13-14H2,1H3,(H,24,27). The Morgan fingerprint density at radius 3 is 3.07 bits per heavy atom. The van der Waals surface area contributed by atoms with Gasteiger partial charge in [-0.25, -0.2) is 14.8 Å². The van der Waals surface area contributed by atoms with E-state index in [1.165, 1.54) is 5.56 Å². The van der Waals surface area contributed by atoms with E-state index in [0.717, 1.165) is 55.7 Å². The lowest BCUT2D eigenvalue weighted by Gasteiger charge is -2.33. The van der Waals surface area contributed by atoms with Crippen LogP contribution in [0.3, 0.4) is 0 Å². The number of anilines is 1. The van der Waals surface area contributed by atoms with Gasteiger partial charge in [0.2, 0.25) is 0 Å². The first kappa shape index (κ1) is 17.5. The summed E-state index contributed by atoms with van der Waals surface area (Å²) in [5.41, 5.74) is 3.92. The first-order valence-electron chi connectivity index (χ1n) is 9.63. The number of likely N-dealkylation sites (tertiary alicyclic amines) is 1. The highest BCUT2D eigenvalue weighted by molar-refractivity contribution is 5.89. The number of piperidine rings is 1. The van der Waals surface area contributed by atoms with Crippen LogP contribution in [0.15, 0.2) is 48.9 Å². The van der Waals surface area contributed by atoms with E-state index in [0.29, 0.717) is 5.92 Å². The molecule has 1 aromatic carbocycles. The molecule has 1 unspecified atom stereocenters. The van der Waals surface area contributed by atoms with Crippen molar-refractivity contribution in [1.29, 1.82) is 0 Å². The molecule has 0 spiro atoms. The molecule has 0 bridgehead atoms. The fraction of sp³-hybridized carbons (Fsp3) is 0.381. The Balaban J connectivity index is 1.40. The summed E-state index contributed by atoms with van der Waals surface area (Å²) in [6, 6.07) is 11.9. The molecule has 3 heterocycles. The second kappa shape index (κ2) is 7.78. The third-order valence-electron chi connectivity index (χ3n) is 5.22. The van der Waals surface area contributed by atoms with Crippen molar-refractivity contribution in [3.63, 3.8) is 0 Å². The maximum Gasteiger partial charge on any atom is 0.321 e. The Morgan fingerprint density at radius 1 is 1.26 bits per heavy atom. The van der Waals surface area contributed by atoms with Crippen LogP contribution in [0.1, 0.15) is 25.3 Å². The quantitative estimate of drug-likeness (QED) is 0.764. The monoisotopic (exact) mass is 363 g/mol. The van der Waals surface area contributed by atoms with Gasteiger partial charge in [-0.3, -0.25) is 0 Å². The number of aromatic nitrogens is 3. The highest BCUT2D eigenvalue weighted by atomic mass is 16.2. The molecular weight excluding hydrogens is 338 g/mol. The zero-order chi connectivity index (χ0) is 18.6. The molecule has 1 atom stereocenters. The number of rotatable bonds is 4. The number of fused-ring (bicyclic) bond motifs is 1. The summed E-state index contributed by atoms with van der Waals surface area (Å²) >= 11 is 0. The third kappa shape index (κ3) is 3.94. The first-order valence-corrected chi connectivity index (χ1v) is 9.63. The van der Waals surface area contributed by atoms with Crippen molar-refractivity contribution < 1.29 is 4.79 Å². The summed E-state index contributed by atoms with van der Waals surface area (Å²) in [7, 11) is 0. The maximum atomic E-state index is 12.7. The third-order valence-corrected chi connectivity index (χ3v) is 5.22. The molecule has 6 heteroatoms. The summed E-state index contributed by atoms with van der Waals surface area (Å²) in [4.78, 5) is 23.5. The van der Waals surface area contributed by atoms with Crippen molar-refractivity contribution in [2.24, 2.45) is 5.92 Å². The number of hydrogen-bond donors (Lipinski definition) is 1. The van der Waals surface area contributed by atoms with Crippen molar-refractivity contribution >= 4 is 22.9 Å². The number of pyridine rings is 1. The molecule has 2 aromatic heterocycles. The molecule has 3 aromatic rings. The number of benzene rings is 1. The molecular formula is C21H25N5O. The first-order chi connectivity index (χ1) is 13.2. The van der Waals surface area contributed by atoms with Gasteiger partial charge >= 0.3 is 6.03 Å². The molecule has 4 rings (SSSR count). The molecule has 0 saturated carbocycles. The number of aryl methyl sites for hydroxylation is 1. The fourth-order valence-electron chi connectivity index (χ4n) is 3.78. The summed E-state index contributed by atoms with van der Waals surface area (Å²) in [6.45, 7) is 4.51. The second-order valence-corrected chi connectivity index (χ2v) is 7.18. The van der Waals surface area contributed by atoms with Crippen molar-refractivity contribution in [1.82, 2.24) is 19.4 Å². The minimum atomic E-state index is -0.0124. The normalized spacial score (nSPS) is 17.2. The smallest absolute Gasteiger partial charge is 0.321 e. The van der Waals surface area contributed by atoms with Crippen molar-refractivity contribution in [2.45, 2.75) is 32.7 Å². The van der Waals surface area contributed by atoms with E-state index < -0.39 is 0 Å². The van der Waals surface area contributed by atoms with Crippen LogP contribution in [0.4, 0.5) is 10.5 Å². The van der Waals surface area contributed by atoms with Crippen LogP contribution >= 0.6 is 0 Å². The molecule has 0 aliphatic carbocycles. The summed E-state index contributed by atoms with van der Waals surface area (Å²) in [5, 5.41) is 3.05. The molecule has 2 amide bonds. The second-order valence-electron chi connectivity index (χ2n) is 7.18. The lowest BCUT2D eigenvalue weighted by Crippen LogP contribution is -2.43. The van der Waals surface area contributed by atoms with Gasteiger partial charge in [0.05, 0.1) is 6.33 Å². The number of nitrogens with one attached hydrogen (secondary N) is 1. The van der Waals surface area contributed by atoms with Crippen molar-refractivity contribution in [3.05, 3.63) is 54.5 Å². The molecule has 140 valence electrons. The number of carbonyl (C=O) groups excluding carboxylic acids is 1. The fourth-order valence-corrected chi connectivity index (χ4v) is 3.78. The SMILES string of the molecule is CCc1cccc(NC(=O)N2CCCC(Cn3cnc4cccnc43)C2)c1.